The average molecular weight is 340 g/mol. The van der Waals surface area contributed by atoms with E-state index in [1.54, 1.807) is 0 Å². The van der Waals surface area contributed by atoms with E-state index in [1.807, 2.05) is 11.3 Å². The molecule has 0 radical (unpaired) electrons. The van der Waals surface area contributed by atoms with Gasteiger partial charge in [0.05, 0.1) is 0 Å². The maximum Gasteiger partial charge on any atom is 0.0331 e. The SMILES string of the molecule is CCCN(Cc1cc(Br)cs1)C1CCNC1.Cl. The fourth-order valence-electron chi connectivity index (χ4n) is 2.27. The number of hydrogen-bond donors (Lipinski definition) is 1. The molecular weight excluding hydrogens is 320 g/mol. The Labute approximate surface area is 122 Å². The first-order chi connectivity index (χ1) is 7.79. The number of thiophene rings is 1. The van der Waals surface area contributed by atoms with Crippen molar-refractivity contribution < 1.29 is 0 Å². The summed E-state index contributed by atoms with van der Waals surface area (Å²) in [5.41, 5.74) is 0. The van der Waals surface area contributed by atoms with Crippen molar-refractivity contribution >= 4 is 39.7 Å². The van der Waals surface area contributed by atoms with Crippen LogP contribution in [0.4, 0.5) is 0 Å². The van der Waals surface area contributed by atoms with Gasteiger partial charge in [-0.25, -0.2) is 0 Å². The van der Waals surface area contributed by atoms with E-state index in [0.29, 0.717) is 0 Å². The van der Waals surface area contributed by atoms with Gasteiger partial charge >= 0.3 is 0 Å². The maximum atomic E-state index is 3.52. The number of nitrogens with zero attached hydrogens (tertiary/aromatic N) is 1. The Morgan fingerprint density at radius 3 is 2.94 bits per heavy atom. The van der Waals surface area contributed by atoms with Crippen LogP contribution in [0.15, 0.2) is 15.9 Å². The fraction of sp³-hybridized carbons (Fsp3) is 0.667. The summed E-state index contributed by atoms with van der Waals surface area (Å²) in [6.07, 6.45) is 2.54. The summed E-state index contributed by atoms with van der Waals surface area (Å²) in [7, 11) is 0. The molecule has 2 heterocycles. The van der Waals surface area contributed by atoms with Crippen molar-refractivity contribution in [2.45, 2.75) is 32.4 Å². The summed E-state index contributed by atoms with van der Waals surface area (Å²) in [5, 5.41) is 5.63. The van der Waals surface area contributed by atoms with Gasteiger partial charge in [0.2, 0.25) is 0 Å². The molecular formula is C12H20BrClN2S. The van der Waals surface area contributed by atoms with Crippen LogP contribution < -0.4 is 5.32 Å². The Morgan fingerprint density at radius 2 is 2.41 bits per heavy atom. The normalized spacial score (nSPS) is 19.6. The molecule has 17 heavy (non-hydrogen) atoms. The molecule has 0 aromatic carbocycles. The largest absolute Gasteiger partial charge is 0.315 e. The second-order valence-electron chi connectivity index (χ2n) is 4.35. The predicted octanol–water partition coefficient (Wildman–Crippen LogP) is 3.51. The maximum absolute atomic E-state index is 3.52. The van der Waals surface area contributed by atoms with Crippen molar-refractivity contribution in [3.63, 3.8) is 0 Å². The Balaban J connectivity index is 0.00000144. The van der Waals surface area contributed by atoms with E-state index in [9.17, 15) is 0 Å². The molecule has 1 atom stereocenters. The Kier molecular flexibility index (Phi) is 7.04. The highest BCUT2D eigenvalue weighted by Gasteiger charge is 2.21. The van der Waals surface area contributed by atoms with Gasteiger partial charge in [-0.1, -0.05) is 6.92 Å². The van der Waals surface area contributed by atoms with Crippen LogP contribution in [0.2, 0.25) is 0 Å². The highest BCUT2D eigenvalue weighted by atomic mass is 79.9. The summed E-state index contributed by atoms with van der Waals surface area (Å²) in [4.78, 5) is 4.09. The lowest BCUT2D eigenvalue weighted by molar-refractivity contribution is 0.201. The smallest absolute Gasteiger partial charge is 0.0331 e. The zero-order valence-corrected chi connectivity index (χ0v) is 13.3. The Bertz CT molecular complexity index is 326. The fourth-order valence-corrected chi connectivity index (χ4v) is 3.74. The van der Waals surface area contributed by atoms with Gasteiger partial charge in [-0.2, -0.15) is 0 Å². The third-order valence-electron chi connectivity index (χ3n) is 3.04. The van der Waals surface area contributed by atoms with Crippen LogP contribution in [0.3, 0.4) is 0 Å². The van der Waals surface area contributed by atoms with Crippen molar-refractivity contribution in [1.82, 2.24) is 10.2 Å². The van der Waals surface area contributed by atoms with Gasteiger partial charge in [-0.05, 0) is 47.9 Å². The van der Waals surface area contributed by atoms with Gasteiger partial charge in [0.1, 0.15) is 0 Å². The zero-order valence-electron chi connectivity index (χ0n) is 10.1. The predicted molar refractivity (Wildman–Crippen MR) is 81.2 cm³/mol. The first-order valence-corrected chi connectivity index (χ1v) is 7.64. The van der Waals surface area contributed by atoms with E-state index in [0.717, 1.165) is 19.1 Å². The van der Waals surface area contributed by atoms with Crippen LogP contribution >= 0.6 is 39.7 Å². The van der Waals surface area contributed by atoms with Crippen molar-refractivity contribution in [1.29, 1.82) is 0 Å². The van der Waals surface area contributed by atoms with Crippen molar-refractivity contribution in [2.75, 3.05) is 19.6 Å². The van der Waals surface area contributed by atoms with E-state index in [-0.39, 0.29) is 12.4 Å². The molecule has 0 aliphatic carbocycles. The van der Waals surface area contributed by atoms with E-state index in [2.05, 4.69) is 44.5 Å². The minimum Gasteiger partial charge on any atom is -0.315 e. The van der Waals surface area contributed by atoms with E-state index in [1.165, 1.54) is 35.3 Å². The van der Waals surface area contributed by atoms with Gasteiger partial charge in [-0.15, -0.1) is 23.7 Å². The first-order valence-electron chi connectivity index (χ1n) is 5.97. The van der Waals surface area contributed by atoms with Crippen LogP contribution in [0.5, 0.6) is 0 Å². The van der Waals surface area contributed by atoms with Crippen LogP contribution in [0, 0.1) is 0 Å². The molecule has 2 rings (SSSR count). The molecule has 1 saturated heterocycles. The molecule has 1 aromatic rings. The number of halogens is 2. The van der Waals surface area contributed by atoms with Gasteiger partial charge in [0, 0.05) is 33.9 Å². The number of nitrogens with one attached hydrogen (secondary N) is 1. The molecule has 0 spiro atoms. The third-order valence-corrected chi connectivity index (χ3v) is 4.72. The molecule has 0 amide bonds. The van der Waals surface area contributed by atoms with Crippen LogP contribution in [-0.2, 0) is 6.54 Å². The molecule has 1 aliphatic heterocycles. The van der Waals surface area contributed by atoms with E-state index >= 15 is 0 Å². The highest BCUT2D eigenvalue weighted by molar-refractivity contribution is 9.10. The minimum atomic E-state index is 0. The molecule has 0 saturated carbocycles. The molecule has 1 aromatic heterocycles. The molecule has 1 fully saturated rings. The zero-order chi connectivity index (χ0) is 11.4. The quantitative estimate of drug-likeness (QED) is 0.883. The standard InChI is InChI=1S/C12H19BrN2S.ClH/c1-2-5-15(11-3-4-14-7-11)8-12-6-10(13)9-16-12;/h6,9,11,14H,2-5,7-8H2,1H3;1H. The van der Waals surface area contributed by atoms with Gasteiger partial charge in [0.25, 0.3) is 0 Å². The molecule has 5 heteroatoms. The Hall–Kier alpha value is 0.390. The molecule has 1 unspecified atom stereocenters. The Morgan fingerprint density at radius 1 is 1.59 bits per heavy atom. The summed E-state index contributed by atoms with van der Waals surface area (Å²) in [5.74, 6) is 0. The topological polar surface area (TPSA) is 15.3 Å². The summed E-state index contributed by atoms with van der Waals surface area (Å²) < 4.78 is 1.22. The second kappa shape index (κ2) is 7.74. The van der Waals surface area contributed by atoms with Crippen LogP contribution in [0.1, 0.15) is 24.6 Å². The first kappa shape index (κ1) is 15.4. The lowest BCUT2D eigenvalue weighted by Gasteiger charge is -2.27. The van der Waals surface area contributed by atoms with Crippen LogP contribution in [0.25, 0.3) is 0 Å². The van der Waals surface area contributed by atoms with Crippen LogP contribution in [-0.4, -0.2) is 30.6 Å². The van der Waals surface area contributed by atoms with Gasteiger partial charge in [0.15, 0.2) is 0 Å². The summed E-state index contributed by atoms with van der Waals surface area (Å²) in [6, 6.07) is 2.98. The van der Waals surface area contributed by atoms with Crippen molar-refractivity contribution in [3.05, 3.63) is 20.8 Å². The molecule has 1 aliphatic rings. The average Bonchev–Trinajstić information content (AvgIpc) is 2.88. The summed E-state index contributed by atoms with van der Waals surface area (Å²) >= 11 is 5.38. The number of hydrogen-bond acceptors (Lipinski definition) is 3. The minimum absolute atomic E-state index is 0. The molecule has 0 bridgehead atoms. The lowest BCUT2D eigenvalue weighted by atomic mass is 10.2. The molecule has 2 nitrogen and oxygen atoms in total. The van der Waals surface area contributed by atoms with Gasteiger partial charge < -0.3 is 5.32 Å². The molecule has 1 N–H and O–H groups in total. The van der Waals surface area contributed by atoms with Gasteiger partial charge in [-0.3, -0.25) is 4.90 Å². The monoisotopic (exact) mass is 338 g/mol. The third kappa shape index (κ3) is 4.52. The lowest BCUT2D eigenvalue weighted by Crippen LogP contribution is -2.36. The van der Waals surface area contributed by atoms with E-state index in [4.69, 9.17) is 0 Å². The second-order valence-corrected chi connectivity index (χ2v) is 6.26. The number of rotatable bonds is 5. The van der Waals surface area contributed by atoms with Crippen molar-refractivity contribution in [2.24, 2.45) is 0 Å². The highest BCUT2D eigenvalue weighted by Crippen LogP contribution is 2.23. The van der Waals surface area contributed by atoms with E-state index < -0.39 is 0 Å². The summed E-state index contributed by atoms with van der Waals surface area (Å²) in [6.45, 7) is 6.92. The van der Waals surface area contributed by atoms with Crippen molar-refractivity contribution in [3.8, 4) is 0 Å². The molecule has 98 valence electrons.